The molecule has 2 rings (SSSR count). The number of hydrogen-bond donors (Lipinski definition) is 1. The molecule has 0 aromatic heterocycles. The van der Waals surface area contributed by atoms with E-state index in [1.165, 1.54) is 6.07 Å². The van der Waals surface area contributed by atoms with Crippen LogP contribution in [-0.4, -0.2) is 0 Å². The van der Waals surface area contributed by atoms with E-state index in [1.807, 2.05) is 24.3 Å². The van der Waals surface area contributed by atoms with Gasteiger partial charge in [0.05, 0.1) is 0 Å². The molecule has 0 amide bonds. The summed E-state index contributed by atoms with van der Waals surface area (Å²) in [7, 11) is 0. The first-order chi connectivity index (χ1) is 8.69. The fourth-order valence-electron chi connectivity index (χ4n) is 1.52. The molecule has 0 heterocycles. The lowest BCUT2D eigenvalue weighted by atomic mass is 10.2. The van der Waals surface area contributed by atoms with Gasteiger partial charge in [-0.1, -0.05) is 18.2 Å². The summed E-state index contributed by atoms with van der Waals surface area (Å²) in [4.78, 5) is 1.08. The van der Waals surface area contributed by atoms with Crippen molar-refractivity contribution in [3.8, 4) is 0 Å². The maximum atomic E-state index is 13.0. The van der Waals surface area contributed by atoms with Crippen LogP contribution in [0.3, 0.4) is 0 Å². The Kier molecular flexibility index (Phi) is 4.33. The molecular weight excluding hydrogens is 252 g/mol. The molecule has 0 atom stereocenters. The van der Waals surface area contributed by atoms with Crippen molar-refractivity contribution in [2.75, 3.05) is 0 Å². The van der Waals surface area contributed by atoms with Crippen LogP contribution in [0.15, 0.2) is 47.4 Å². The van der Waals surface area contributed by atoms with Crippen LogP contribution in [0.5, 0.6) is 0 Å². The van der Waals surface area contributed by atoms with Crippen molar-refractivity contribution in [2.24, 2.45) is 5.73 Å². The van der Waals surface area contributed by atoms with E-state index in [0.29, 0.717) is 12.3 Å². The van der Waals surface area contributed by atoms with Crippen molar-refractivity contribution in [1.82, 2.24) is 0 Å². The molecule has 0 aliphatic rings. The Balaban J connectivity index is 1.99. The van der Waals surface area contributed by atoms with E-state index < -0.39 is 11.6 Å². The number of benzene rings is 2. The average molecular weight is 265 g/mol. The molecule has 2 N–H and O–H groups in total. The third-order valence-electron chi connectivity index (χ3n) is 2.55. The van der Waals surface area contributed by atoms with Crippen LogP contribution in [0.2, 0.25) is 0 Å². The van der Waals surface area contributed by atoms with Crippen LogP contribution in [-0.2, 0) is 12.3 Å². The third kappa shape index (κ3) is 3.31. The summed E-state index contributed by atoms with van der Waals surface area (Å²) in [6.07, 6.45) is 0. The first-order valence-electron chi connectivity index (χ1n) is 5.55. The van der Waals surface area contributed by atoms with Crippen molar-refractivity contribution >= 4 is 11.8 Å². The lowest BCUT2D eigenvalue weighted by molar-refractivity contribution is 0.507. The molecule has 1 nitrogen and oxygen atoms in total. The van der Waals surface area contributed by atoms with Gasteiger partial charge >= 0.3 is 0 Å². The Morgan fingerprint density at radius 1 is 0.889 bits per heavy atom. The van der Waals surface area contributed by atoms with Crippen LogP contribution in [0, 0.1) is 11.6 Å². The Morgan fingerprint density at radius 2 is 1.56 bits per heavy atom. The molecule has 0 spiro atoms. The Bertz CT molecular complexity index is 526. The molecule has 0 bridgehead atoms. The molecule has 94 valence electrons. The minimum atomic E-state index is -0.809. The molecule has 0 aliphatic heterocycles. The number of halogens is 2. The Morgan fingerprint density at radius 3 is 2.17 bits per heavy atom. The molecule has 2 aromatic carbocycles. The summed E-state index contributed by atoms with van der Waals surface area (Å²) in [5.74, 6) is -0.998. The highest BCUT2D eigenvalue weighted by Gasteiger charge is 2.03. The molecule has 0 saturated carbocycles. The van der Waals surface area contributed by atoms with E-state index in [1.54, 1.807) is 17.8 Å². The van der Waals surface area contributed by atoms with E-state index in [9.17, 15) is 8.78 Å². The van der Waals surface area contributed by atoms with E-state index in [4.69, 9.17) is 5.73 Å². The fraction of sp³-hybridized carbons (Fsp3) is 0.143. The third-order valence-corrected chi connectivity index (χ3v) is 3.63. The zero-order valence-corrected chi connectivity index (χ0v) is 10.5. The molecule has 0 saturated heterocycles. The molecule has 0 fully saturated rings. The molecule has 0 aliphatic carbocycles. The van der Waals surface area contributed by atoms with Crippen molar-refractivity contribution in [2.45, 2.75) is 17.2 Å². The minimum Gasteiger partial charge on any atom is -0.326 e. The second kappa shape index (κ2) is 5.98. The van der Waals surface area contributed by atoms with E-state index in [0.717, 1.165) is 22.1 Å². The average Bonchev–Trinajstić information content (AvgIpc) is 2.41. The van der Waals surface area contributed by atoms with Crippen LogP contribution in [0.25, 0.3) is 0 Å². The lowest BCUT2D eigenvalue weighted by Gasteiger charge is -2.04. The summed E-state index contributed by atoms with van der Waals surface area (Å²) in [6, 6.07) is 11.9. The summed E-state index contributed by atoms with van der Waals surface area (Å²) in [5.41, 5.74) is 7.35. The quantitative estimate of drug-likeness (QED) is 0.853. The maximum Gasteiger partial charge on any atom is 0.159 e. The molecule has 18 heavy (non-hydrogen) atoms. The van der Waals surface area contributed by atoms with E-state index in [-0.39, 0.29) is 0 Å². The van der Waals surface area contributed by atoms with Crippen LogP contribution in [0.4, 0.5) is 8.78 Å². The van der Waals surface area contributed by atoms with Gasteiger partial charge in [0.1, 0.15) is 0 Å². The fourth-order valence-corrected chi connectivity index (χ4v) is 2.36. The lowest BCUT2D eigenvalue weighted by Crippen LogP contribution is -1.95. The highest BCUT2D eigenvalue weighted by molar-refractivity contribution is 7.98. The van der Waals surface area contributed by atoms with Gasteiger partial charge in [-0.3, -0.25) is 0 Å². The second-order valence-electron chi connectivity index (χ2n) is 3.89. The largest absolute Gasteiger partial charge is 0.326 e. The van der Waals surface area contributed by atoms with Gasteiger partial charge in [-0.2, -0.15) is 0 Å². The first-order valence-corrected chi connectivity index (χ1v) is 6.53. The van der Waals surface area contributed by atoms with Gasteiger partial charge in [-0.25, -0.2) is 8.78 Å². The summed E-state index contributed by atoms with van der Waals surface area (Å²) in [6.45, 7) is 0.522. The zero-order chi connectivity index (χ0) is 13.0. The molecule has 0 radical (unpaired) electrons. The monoisotopic (exact) mass is 265 g/mol. The van der Waals surface area contributed by atoms with Gasteiger partial charge in [0.15, 0.2) is 11.6 Å². The topological polar surface area (TPSA) is 26.0 Å². The Labute approximate surface area is 109 Å². The van der Waals surface area contributed by atoms with E-state index in [2.05, 4.69) is 0 Å². The highest BCUT2D eigenvalue weighted by atomic mass is 32.2. The first kappa shape index (κ1) is 13.1. The van der Waals surface area contributed by atoms with Gasteiger partial charge in [0.25, 0.3) is 0 Å². The Hall–Kier alpha value is -1.39. The molecule has 4 heteroatoms. The van der Waals surface area contributed by atoms with Gasteiger partial charge in [0.2, 0.25) is 0 Å². The number of thioether (sulfide) groups is 1. The number of rotatable bonds is 4. The SMILES string of the molecule is NCc1ccc(SCc2ccc(F)c(F)c2)cc1. The number of hydrogen-bond acceptors (Lipinski definition) is 2. The summed E-state index contributed by atoms with van der Waals surface area (Å²) >= 11 is 1.58. The van der Waals surface area contributed by atoms with E-state index >= 15 is 0 Å². The van der Waals surface area contributed by atoms with Crippen molar-refractivity contribution in [1.29, 1.82) is 0 Å². The number of nitrogens with two attached hydrogens (primary N) is 1. The molecule has 0 unspecified atom stereocenters. The standard InChI is InChI=1S/C14H13F2NS/c15-13-6-3-11(7-14(13)16)9-18-12-4-1-10(8-17)2-5-12/h1-7H,8-9,17H2. The van der Waals surface area contributed by atoms with Crippen LogP contribution >= 0.6 is 11.8 Å². The van der Waals surface area contributed by atoms with Crippen LogP contribution in [0.1, 0.15) is 11.1 Å². The predicted molar refractivity (Wildman–Crippen MR) is 70.3 cm³/mol. The van der Waals surface area contributed by atoms with Crippen molar-refractivity contribution in [3.05, 3.63) is 65.2 Å². The second-order valence-corrected chi connectivity index (χ2v) is 4.93. The normalized spacial score (nSPS) is 10.6. The van der Waals surface area contributed by atoms with Crippen molar-refractivity contribution < 1.29 is 8.78 Å². The maximum absolute atomic E-state index is 13.0. The smallest absolute Gasteiger partial charge is 0.159 e. The van der Waals surface area contributed by atoms with Gasteiger partial charge in [-0.15, -0.1) is 11.8 Å². The zero-order valence-electron chi connectivity index (χ0n) is 9.70. The minimum absolute atomic E-state index is 0.522. The summed E-state index contributed by atoms with van der Waals surface area (Å²) < 4.78 is 25.8. The van der Waals surface area contributed by atoms with Gasteiger partial charge in [-0.05, 0) is 35.4 Å². The van der Waals surface area contributed by atoms with Crippen molar-refractivity contribution in [3.63, 3.8) is 0 Å². The van der Waals surface area contributed by atoms with Gasteiger partial charge in [0, 0.05) is 17.2 Å². The molecular formula is C14H13F2NS. The molecule has 2 aromatic rings. The predicted octanol–water partition coefficient (Wildman–Crippen LogP) is 3.72. The summed E-state index contributed by atoms with van der Waals surface area (Å²) in [5, 5.41) is 0. The highest BCUT2D eigenvalue weighted by Crippen LogP contribution is 2.23. The van der Waals surface area contributed by atoms with Gasteiger partial charge < -0.3 is 5.73 Å². The van der Waals surface area contributed by atoms with Crippen LogP contribution < -0.4 is 5.73 Å².